The van der Waals surface area contributed by atoms with Gasteiger partial charge in [0.2, 0.25) is 0 Å². The molecule has 3 rings (SSSR count). The van der Waals surface area contributed by atoms with Crippen LogP contribution in [0.4, 0.5) is 5.82 Å². The third kappa shape index (κ3) is 7.04. The molecule has 3 N–H and O–H groups in total. The lowest BCUT2D eigenvalue weighted by Crippen LogP contribution is -2.28. The summed E-state index contributed by atoms with van der Waals surface area (Å²) in [6.45, 7) is 7.84. The number of amides is 2. The molecule has 0 radical (unpaired) electrons. The topological polar surface area (TPSA) is 143 Å². The second-order valence-electron chi connectivity index (χ2n) is 8.76. The molecule has 0 aromatic carbocycles. The van der Waals surface area contributed by atoms with Crippen LogP contribution in [-0.2, 0) is 5.41 Å². The van der Waals surface area contributed by atoms with Gasteiger partial charge in [-0.15, -0.1) is 11.3 Å². The lowest BCUT2D eigenvalue weighted by atomic mass is 9.92. The molecule has 3 aromatic rings. The summed E-state index contributed by atoms with van der Waals surface area (Å²) in [6, 6.07) is 1.22. The maximum atomic E-state index is 12.8. The van der Waals surface area contributed by atoms with Crippen molar-refractivity contribution >= 4 is 40.6 Å². The Morgan fingerprint density at radius 3 is 2.61 bits per heavy atom. The van der Waals surface area contributed by atoms with Gasteiger partial charge in [-0.05, 0) is 19.3 Å². The van der Waals surface area contributed by atoms with Crippen molar-refractivity contribution in [1.82, 2.24) is 30.2 Å². The molecule has 0 fully saturated rings. The first-order valence-corrected chi connectivity index (χ1v) is 12.3. The molecule has 3 aromatic heterocycles. The van der Waals surface area contributed by atoms with E-state index in [4.69, 9.17) is 16.7 Å². The van der Waals surface area contributed by atoms with Crippen LogP contribution in [0.1, 0.15) is 83.1 Å². The lowest BCUT2D eigenvalue weighted by molar-refractivity contribution is 0.0934. The van der Waals surface area contributed by atoms with E-state index < -0.39 is 11.9 Å². The van der Waals surface area contributed by atoms with Gasteiger partial charge >= 0.3 is 0 Å². The van der Waals surface area contributed by atoms with Gasteiger partial charge < -0.3 is 15.7 Å². The minimum Gasteiger partial charge on any atom is -0.396 e. The van der Waals surface area contributed by atoms with Crippen molar-refractivity contribution in [3.8, 4) is 11.8 Å². The second kappa shape index (κ2) is 12.0. The molecule has 10 nitrogen and oxygen atoms in total. The summed E-state index contributed by atoms with van der Waals surface area (Å²) >= 11 is 7.44. The predicted molar refractivity (Wildman–Crippen MR) is 137 cm³/mol. The van der Waals surface area contributed by atoms with Crippen LogP contribution in [0, 0.1) is 11.8 Å². The van der Waals surface area contributed by atoms with Crippen LogP contribution in [0.2, 0.25) is 5.02 Å². The van der Waals surface area contributed by atoms with Crippen molar-refractivity contribution in [2.45, 2.75) is 52.0 Å². The summed E-state index contributed by atoms with van der Waals surface area (Å²) < 4.78 is 0. The van der Waals surface area contributed by atoms with Gasteiger partial charge in [0.1, 0.15) is 39.1 Å². The molecule has 0 bridgehead atoms. The number of carbonyl (C=O) groups is 2. The van der Waals surface area contributed by atoms with Gasteiger partial charge in [-0.2, -0.15) is 0 Å². The van der Waals surface area contributed by atoms with Gasteiger partial charge in [0.25, 0.3) is 11.8 Å². The van der Waals surface area contributed by atoms with E-state index in [1.165, 1.54) is 18.9 Å². The highest BCUT2D eigenvalue weighted by Gasteiger charge is 2.22. The van der Waals surface area contributed by atoms with E-state index in [0.29, 0.717) is 28.5 Å². The zero-order valence-corrected chi connectivity index (χ0v) is 21.9. The normalized spacial score (nSPS) is 11.8. The Bertz CT molecular complexity index is 1310. The Labute approximate surface area is 218 Å². The number of nitrogens with one attached hydrogen (secondary N) is 2. The average molecular weight is 528 g/mol. The standard InChI is InChI=1S/C24H26ClN7O3S/c1-14(31-22(35)20-19(25)15(27-12-30-20)8-6-5-7-9-33)23-26-11-16(36-23)21(34)32-18-10-17(24(2,3)4)28-13-29-18/h10-14,33H,5,7,9H2,1-4H3,(H,31,35)(H,28,29,32,34). The molecule has 2 amide bonds. The molecular formula is C24H26ClN7O3S. The molecule has 1 atom stereocenters. The first-order chi connectivity index (χ1) is 17.1. The third-order valence-corrected chi connectivity index (χ3v) is 6.35. The van der Waals surface area contributed by atoms with E-state index in [0.717, 1.165) is 17.0 Å². The van der Waals surface area contributed by atoms with Gasteiger partial charge in [-0.1, -0.05) is 38.3 Å². The monoisotopic (exact) mass is 527 g/mol. The van der Waals surface area contributed by atoms with Crippen LogP contribution in [-0.4, -0.2) is 48.4 Å². The number of hydrogen-bond donors (Lipinski definition) is 3. The molecule has 0 aliphatic heterocycles. The van der Waals surface area contributed by atoms with Crippen LogP contribution in [0.3, 0.4) is 0 Å². The molecular weight excluding hydrogens is 502 g/mol. The van der Waals surface area contributed by atoms with Gasteiger partial charge in [0, 0.05) is 24.5 Å². The summed E-state index contributed by atoms with van der Waals surface area (Å²) in [6.07, 6.45) is 5.08. The Balaban J connectivity index is 1.67. The summed E-state index contributed by atoms with van der Waals surface area (Å²) in [5.41, 5.74) is 0.831. The number of thiazole rings is 1. The zero-order chi connectivity index (χ0) is 26.3. The van der Waals surface area contributed by atoms with Crippen molar-refractivity contribution in [2.24, 2.45) is 0 Å². The number of halogens is 1. The van der Waals surface area contributed by atoms with Crippen molar-refractivity contribution in [3.05, 3.63) is 56.9 Å². The van der Waals surface area contributed by atoms with Crippen molar-refractivity contribution in [2.75, 3.05) is 11.9 Å². The van der Waals surface area contributed by atoms with Gasteiger partial charge in [0.15, 0.2) is 5.69 Å². The average Bonchev–Trinajstić information content (AvgIpc) is 3.33. The number of carbonyl (C=O) groups excluding carboxylic acids is 2. The van der Waals surface area contributed by atoms with E-state index in [2.05, 4.69) is 47.4 Å². The SMILES string of the molecule is CC(NC(=O)c1ncnc(C#CCCCO)c1Cl)c1ncc(C(=O)Nc2cc(C(C)(C)C)ncn2)s1. The van der Waals surface area contributed by atoms with Crippen LogP contribution >= 0.6 is 22.9 Å². The van der Waals surface area contributed by atoms with E-state index in [1.54, 1.807) is 13.0 Å². The molecule has 0 spiro atoms. The Hall–Kier alpha value is -3.46. The molecule has 12 heteroatoms. The fraction of sp³-hybridized carbons (Fsp3) is 0.375. The maximum Gasteiger partial charge on any atom is 0.272 e. The van der Waals surface area contributed by atoms with Crippen molar-refractivity contribution < 1.29 is 14.7 Å². The first kappa shape index (κ1) is 27.1. The number of hydrogen-bond acceptors (Lipinski definition) is 9. The summed E-state index contributed by atoms with van der Waals surface area (Å²) in [5, 5.41) is 15.0. The zero-order valence-electron chi connectivity index (χ0n) is 20.3. The number of unbranched alkanes of at least 4 members (excludes halogenated alkanes) is 1. The quantitative estimate of drug-likeness (QED) is 0.313. The Morgan fingerprint density at radius 1 is 1.14 bits per heavy atom. The van der Waals surface area contributed by atoms with Gasteiger partial charge in [0.05, 0.1) is 17.9 Å². The van der Waals surface area contributed by atoms with E-state index >= 15 is 0 Å². The molecule has 0 aliphatic carbocycles. The Morgan fingerprint density at radius 2 is 1.89 bits per heavy atom. The highest BCUT2D eigenvalue weighted by molar-refractivity contribution is 7.13. The van der Waals surface area contributed by atoms with Gasteiger partial charge in [-0.25, -0.2) is 24.9 Å². The molecule has 36 heavy (non-hydrogen) atoms. The van der Waals surface area contributed by atoms with Crippen LogP contribution in [0.25, 0.3) is 0 Å². The van der Waals surface area contributed by atoms with Crippen molar-refractivity contribution in [3.63, 3.8) is 0 Å². The molecule has 3 heterocycles. The fourth-order valence-corrected chi connectivity index (χ4v) is 3.91. The molecule has 1 unspecified atom stereocenters. The largest absolute Gasteiger partial charge is 0.396 e. The number of anilines is 1. The van der Waals surface area contributed by atoms with Crippen LogP contribution < -0.4 is 10.6 Å². The lowest BCUT2D eigenvalue weighted by Gasteiger charge is -2.17. The molecule has 0 saturated carbocycles. The Kier molecular flexibility index (Phi) is 9.03. The van der Waals surface area contributed by atoms with E-state index in [-0.39, 0.29) is 34.3 Å². The number of aliphatic hydroxyl groups is 1. The highest BCUT2D eigenvalue weighted by Crippen LogP contribution is 2.24. The number of aliphatic hydroxyl groups excluding tert-OH is 1. The molecule has 0 saturated heterocycles. The van der Waals surface area contributed by atoms with Gasteiger partial charge in [-0.3, -0.25) is 9.59 Å². The smallest absolute Gasteiger partial charge is 0.272 e. The molecule has 188 valence electrons. The van der Waals surface area contributed by atoms with Crippen molar-refractivity contribution in [1.29, 1.82) is 0 Å². The minimum atomic E-state index is -0.523. The minimum absolute atomic E-state index is 0.0158. The summed E-state index contributed by atoms with van der Waals surface area (Å²) in [5.74, 6) is 5.14. The second-order valence-corrected chi connectivity index (χ2v) is 10.2. The number of nitrogens with zero attached hydrogens (tertiary/aromatic N) is 5. The summed E-state index contributed by atoms with van der Waals surface area (Å²) in [7, 11) is 0. The number of aromatic nitrogens is 5. The number of rotatable bonds is 7. The first-order valence-electron chi connectivity index (χ1n) is 11.1. The molecule has 0 aliphatic rings. The van der Waals surface area contributed by atoms with E-state index in [9.17, 15) is 9.59 Å². The third-order valence-electron chi connectivity index (χ3n) is 4.81. The van der Waals surface area contributed by atoms with Crippen LogP contribution in [0.5, 0.6) is 0 Å². The summed E-state index contributed by atoms with van der Waals surface area (Å²) in [4.78, 5) is 46.5. The fourth-order valence-electron chi connectivity index (χ4n) is 2.86. The van der Waals surface area contributed by atoms with E-state index in [1.807, 2.05) is 20.8 Å². The highest BCUT2D eigenvalue weighted by atomic mass is 35.5. The predicted octanol–water partition coefficient (Wildman–Crippen LogP) is 3.54. The maximum absolute atomic E-state index is 12.8. The van der Waals surface area contributed by atoms with Crippen LogP contribution in [0.15, 0.2) is 24.9 Å².